The number of oxazole rings is 1. The number of unbranched alkanes of at least 4 members (excludes halogenated alkanes) is 1. The molecule has 1 aromatic heterocycles. The van der Waals surface area contributed by atoms with Crippen molar-refractivity contribution >= 4 is 17.1 Å². The Hall–Kier alpha value is -3.67. The van der Waals surface area contributed by atoms with E-state index in [1.807, 2.05) is 60.7 Å². The summed E-state index contributed by atoms with van der Waals surface area (Å²) in [5.74, 6) is 2.54. The topological polar surface area (TPSA) is 57.0 Å². The lowest BCUT2D eigenvalue weighted by Gasteiger charge is -2.21. The van der Waals surface area contributed by atoms with E-state index in [0.717, 1.165) is 66.3 Å². The molecule has 34 heavy (non-hydrogen) atoms. The third kappa shape index (κ3) is 6.44. The summed E-state index contributed by atoms with van der Waals surface area (Å²) in [7, 11) is 1.66. The molecule has 0 atom stereocenters. The highest BCUT2D eigenvalue weighted by Crippen LogP contribution is 2.25. The number of nitrogens with zero attached hydrogens (tertiary/aromatic N) is 2. The fourth-order valence-corrected chi connectivity index (χ4v) is 3.64. The third-order valence-electron chi connectivity index (χ3n) is 5.49. The van der Waals surface area contributed by atoms with Gasteiger partial charge in [0.1, 0.15) is 22.8 Å². The van der Waals surface area contributed by atoms with Crippen molar-refractivity contribution in [3.8, 4) is 17.2 Å². The lowest BCUT2D eigenvalue weighted by atomic mass is 10.2. The Morgan fingerprint density at radius 2 is 1.59 bits per heavy atom. The number of ether oxygens (including phenoxy) is 3. The summed E-state index contributed by atoms with van der Waals surface area (Å²) in [5, 5.41) is 0. The van der Waals surface area contributed by atoms with Gasteiger partial charge in [0.15, 0.2) is 5.58 Å². The molecule has 6 nitrogen and oxygen atoms in total. The Bertz CT molecular complexity index is 1120. The molecular weight excluding hydrogens is 428 g/mol. The van der Waals surface area contributed by atoms with E-state index in [1.165, 1.54) is 0 Å². The molecule has 0 saturated heterocycles. The maximum absolute atomic E-state index is 6.08. The van der Waals surface area contributed by atoms with E-state index >= 15 is 0 Å². The van der Waals surface area contributed by atoms with Crippen molar-refractivity contribution in [3.05, 3.63) is 78.4 Å². The molecule has 1 heterocycles. The maximum atomic E-state index is 6.08. The van der Waals surface area contributed by atoms with E-state index in [1.54, 1.807) is 7.11 Å². The molecule has 4 aromatic rings. The Morgan fingerprint density at radius 3 is 2.38 bits per heavy atom. The quantitative estimate of drug-likeness (QED) is 0.213. The van der Waals surface area contributed by atoms with Crippen molar-refractivity contribution in [2.45, 2.75) is 32.7 Å². The Kier molecular flexibility index (Phi) is 8.27. The fraction of sp³-hybridized carbons (Fsp3) is 0.321. The van der Waals surface area contributed by atoms with E-state index in [9.17, 15) is 0 Å². The van der Waals surface area contributed by atoms with Gasteiger partial charge in [0.2, 0.25) is 0 Å². The van der Waals surface area contributed by atoms with Crippen LogP contribution in [0.25, 0.3) is 11.1 Å². The lowest BCUT2D eigenvalue weighted by Crippen LogP contribution is -2.25. The number of methoxy groups -OCH3 is 1. The van der Waals surface area contributed by atoms with Gasteiger partial charge in [0, 0.05) is 13.1 Å². The smallest absolute Gasteiger partial charge is 0.298 e. The lowest BCUT2D eigenvalue weighted by molar-refractivity contribution is 0.308. The van der Waals surface area contributed by atoms with Gasteiger partial charge < -0.3 is 23.5 Å². The van der Waals surface area contributed by atoms with Gasteiger partial charge in [-0.3, -0.25) is 0 Å². The number of aromatic nitrogens is 1. The minimum Gasteiger partial charge on any atom is -0.497 e. The molecule has 0 aliphatic heterocycles. The minimum atomic E-state index is 0.587. The average Bonchev–Trinajstić information content (AvgIpc) is 3.31. The van der Waals surface area contributed by atoms with Crippen molar-refractivity contribution in [3.63, 3.8) is 0 Å². The highest BCUT2D eigenvalue weighted by Gasteiger charge is 2.15. The van der Waals surface area contributed by atoms with Crippen LogP contribution in [0.2, 0.25) is 0 Å². The van der Waals surface area contributed by atoms with Gasteiger partial charge >= 0.3 is 0 Å². The molecule has 0 spiro atoms. The number of rotatable bonds is 13. The second-order valence-corrected chi connectivity index (χ2v) is 8.11. The molecule has 0 unspecified atom stereocenters. The molecule has 0 fully saturated rings. The third-order valence-corrected chi connectivity index (χ3v) is 5.49. The molecule has 0 saturated carbocycles. The van der Waals surface area contributed by atoms with Gasteiger partial charge in [-0.05, 0) is 66.9 Å². The van der Waals surface area contributed by atoms with Crippen LogP contribution in [0.15, 0.2) is 77.2 Å². The monoisotopic (exact) mass is 460 g/mol. The van der Waals surface area contributed by atoms with Gasteiger partial charge in [-0.15, -0.1) is 0 Å². The summed E-state index contributed by atoms with van der Waals surface area (Å²) in [6.07, 6.45) is 2.98. The van der Waals surface area contributed by atoms with Crippen molar-refractivity contribution < 1.29 is 18.6 Å². The molecule has 0 bridgehead atoms. The fourth-order valence-electron chi connectivity index (χ4n) is 3.64. The number of benzene rings is 3. The molecule has 3 aromatic carbocycles. The van der Waals surface area contributed by atoms with Gasteiger partial charge in [-0.25, -0.2) is 0 Å². The van der Waals surface area contributed by atoms with Crippen molar-refractivity contribution in [1.29, 1.82) is 0 Å². The summed E-state index contributed by atoms with van der Waals surface area (Å²) in [4.78, 5) is 6.88. The molecule has 0 amide bonds. The number of hydrogen-bond donors (Lipinski definition) is 0. The minimum absolute atomic E-state index is 0.587. The highest BCUT2D eigenvalue weighted by atomic mass is 16.5. The summed E-state index contributed by atoms with van der Waals surface area (Å²) >= 11 is 0. The predicted octanol–water partition coefficient (Wildman–Crippen LogP) is 6.49. The number of para-hydroxylation sites is 2. The summed E-state index contributed by atoms with van der Waals surface area (Å²) < 4.78 is 23.1. The zero-order chi connectivity index (χ0) is 23.6. The molecule has 0 radical (unpaired) electrons. The van der Waals surface area contributed by atoms with Crippen LogP contribution >= 0.6 is 0 Å². The zero-order valence-electron chi connectivity index (χ0n) is 19.9. The van der Waals surface area contributed by atoms with Gasteiger partial charge in [0.25, 0.3) is 6.01 Å². The van der Waals surface area contributed by atoms with Crippen LogP contribution in [-0.4, -0.2) is 31.9 Å². The van der Waals surface area contributed by atoms with E-state index in [0.29, 0.717) is 19.2 Å². The first-order valence-corrected chi connectivity index (χ1v) is 11.8. The van der Waals surface area contributed by atoms with Crippen LogP contribution in [0.3, 0.4) is 0 Å². The number of anilines is 1. The summed E-state index contributed by atoms with van der Waals surface area (Å²) in [6.45, 7) is 4.89. The Morgan fingerprint density at radius 1 is 0.824 bits per heavy atom. The predicted molar refractivity (Wildman–Crippen MR) is 135 cm³/mol. The standard InChI is InChI=1S/C28H32N2O4/c1-3-4-18-33-25-10-7-9-22(20-25)21-30(28-29-26-11-5-6-12-27(26)34-28)17-8-19-32-24-15-13-23(31-2)14-16-24/h5-7,9-16,20H,3-4,8,17-19,21H2,1-2H3. The van der Waals surface area contributed by atoms with Crippen LogP contribution in [0.1, 0.15) is 31.7 Å². The number of fused-ring (bicyclic) bond motifs is 1. The molecular formula is C28H32N2O4. The molecule has 0 N–H and O–H groups in total. The normalized spacial score (nSPS) is 10.9. The summed E-state index contributed by atoms with van der Waals surface area (Å²) in [5.41, 5.74) is 2.79. The maximum Gasteiger partial charge on any atom is 0.298 e. The van der Waals surface area contributed by atoms with Crippen LogP contribution in [-0.2, 0) is 6.54 Å². The van der Waals surface area contributed by atoms with Crippen molar-refractivity contribution in [2.75, 3.05) is 31.8 Å². The first-order chi connectivity index (χ1) is 16.7. The highest BCUT2D eigenvalue weighted by molar-refractivity contribution is 5.74. The van der Waals surface area contributed by atoms with Gasteiger partial charge in [-0.1, -0.05) is 37.6 Å². The average molecular weight is 461 g/mol. The first kappa shape index (κ1) is 23.5. The van der Waals surface area contributed by atoms with Crippen molar-refractivity contribution in [2.24, 2.45) is 0 Å². The van der Waals surface area contributed by atoms with Crippen LogP contribution < -0.4 is 19.1 Å². The van der Waals surface area contributed by atoms with Crippen LogP contribution in [0.4, 0.5) is 6.01 Å². The van der Waals surface area contributed by atoms with Gasteiger partial charge in [0.05, 0.1) is 20.3 Å². The Labute approximate surface area is 201 Å². The second kappa shape index (κ2) is 12.0. The molecule has 0 aliphatic carbocycles. The Balaban J connectivity index is 1.43. The second-order valence-electron chi connectivity index (χ2n) is 8.11. The van der Waals surface area contributed by atoms with E-state index < -0.39 is 0 Å². The number of hydrogen-bond acceptors (Lipinski definition) is 6. The van der Waals surface area contributed by atoms with Gasteiger partial charge in [-0.2, -0.15) is 4.98 Å². The summed E-state index contributed by atoms with van der Waals surface area (Å²) in [6, 6.07) is 24.3. The first-order valence-electron chi connectivity index (χ1n) is 11.8. The molecule has 0 aliphatic rings. The van der Waals surface area contributed by atoms with E-state index in [-0.39, 0.29) is 0 Å². The van der Waals surface area contributed by atoms with E-state index in [2.05, 4.69) is 24.0 Å². The SMILES string of the molecule is CCCCOc1cccc(CN(CCCOc2ccc(OC)cc2)c2nc3ccccc3o2)c1. The molecule has 4 rings (SSSR count). The largest absolute Gasteiger partial charge is 0.497 e. The van der Waals surface area contributed by atoms with Crippen LogP contribution in [0.5, 0.6) is 17.2 Å². The van der Waals surface area contributed by atoms with E-state index in [4.69, 9.17) is 23.6 Å². The molecule has 6 heteroatoms. The van der Waals surface area contributed by atoms with Crippen molar-refractivity contribution in [1.82, 2.24) is 4.98 Å². The van der Waals surface area contributed by atoms with Crippen LogP contribution in [0, 0.1) is 0 Å². The molecule has 178 valence electrons. The zero-order valence-corrected chi connectivity index (χ0v) is 19.9.